The van der Waals surface area contributed by atoms with Gasteiger partial charge in [0.15, 0.2) is 0 Å². The van der Waals surface area contributed by atoms with E-state index in [1.54, 1.807) is 37.3 Å². The number of amides is 2. The number of sulfonamides is 1. The number of carbonyl (C=O) groups is 2. The normalized spacial score (nSPS) is 12.1. The molecule has 0 aliphatic heterocycles. The maximum Gasteiger partial charge on any atom is 0.264 e. The van der Waals surface area contributed by atoms with Crippen LogP contribution in [0.25, 0.3) is 0 Å². The maximum atomic E-state index is 14.0. The van der Waals surface area contributed by atoms with Gasteiger partial charge in [-0.1, -0.05) is 77.1 Å². The third kappa shape index (κ3) is 7.83. The van der Waals surface area contributed by atoms with Crippen LogP contribution < -0.4 is 9.62 Å². The quantitative estimate of drug-likeness (QED) is 0.250. The van der Waals surface area contributed by atoms with Crippen LogP contribution in [0.5, 0.6) is 0 Å². The van der Waals surface area contributed by atoms with E-state index in [0.717, 1.165) is 9.87 Å². The zero-order valence-corrected chi connectivity index (χ0v) is 26.0. The Hall–Kier alpha value is -2.49. The molecule has 0 heterocycles. The van der Waals surface area contributed by atoms with E-state index in [-0.39, 0.29) is 27.2 Å². The van der Waals surface area contributed by atoms with E-state index in [1.165, 1.54) is 35.2 Å². The summed E-state index contributed by atoms with van der Waals surface area (Å²) < 4.78 is 28.7. The van der Waals surface area contributed by atoms with Crippen LogP contribution in [0.3, 0.4) is 0 Å². The van der Waals surface area contributed by atoms with Crippen molar-refractivity contribution in [1.29, 1.82) is 0 Å². The number of anilines is 1. The molecule has 0 aliphatic rings. The zero-order valence-electron chi connectivity index (χ0n) is 22.1. The fraction of sp³-hybridized carbons (Fsp3) is 0.286. The fourth-order valence-electron chi connectivity index (χ4n) is 3.88. The summed E-state index contributed by atoms with van der Waals surface area (Å²) in [5.41, 5.74) is 1.38. The molecule has 0 aliphatic carbocycles. The van der Waals surface area contributed by atoms with Crippen LogP contribution in [-0.2, 0) is 26.2 Å². The predicted octanol–water partition coefficient (Wildman–Crippen LogP) is 6.75. The number of hydrogen-bond donors (Lipinski definition) is 1. The average Bonchev–Trinajstić information content (AvgIpc) is 2.89. The SMILES string of the molecule is CCCNC(=O)[C@@H](C)N(Cc1c(Cl)cccc1Cl)C(=O)CN(c1cc(Cl)cc(Cl)c1)S(=O)(=O)c1ccc(C)cc1. The molecule has 0 unspecified atom stereocenters. The Kier molecular flexibility index (Phi) is 11.1. The lowest BCUT2D eigenvalue weighted by atomic mass is 10.1. The molecular formula is C28H29Cl4N3O4S. The summed E-state index contributed by atoms with van der Waals surface area (Å²) in [4.78, 5) is 28.1. The van der Waals surface area contributed by atoms with Crippen molar-refractivity contribution >= 4 is 73.9 Å². The Morgan fingerprint density at radius 1 is 0.925 bits per heavy atom. The van der Waals surface area contributed by atoms with E-state index in [2.05, 4.69) is 5.32 Å². The third-order valence-electron chi connectivity index (χ3n) is 6.13. The first-order valence-electron chi connectivity index (χ1n) is 12.4. The van der Waals surface area contributed by atoms with Crippen LogP contribution in [0.1, 0.15) is 31.4 Å². The Labute approximate surface area is 255 Å². The molecule has 0 spiro atoms. The molecule has 2 amide bonds. The van der Waals surface area contributed by atoms with Crippen LogP contribution in [-0.4, -0.2) is 44.3 Å². The fourth-order valence-corrected chi connectivity index (χ4v) is 6.31. The highest BCUT2D eigenvalue weighted by Gasteiger charge is 2.33. The molecule has 7 nitrogen and oxygen atoms in total. The maximum absolute atomic E-state index is 14.0. The molecule has 1 N–H and O–H groups in total. The number of nitrogens with one attached hydrogen (secondary N) is 1. The standard InChI is InChI=1S/C28H29Cl4N3O4S/c1-4-12-33-28(37)19(3)34(16-24-25(31)6-5-7-26(24)32)27(36)17-35(22-14-20(29)13-21(30)15-22)40(38,39)23-10-8-18(2)9-11-23/h5-11,13-15,19H,4,12,16-17H2,1-3H3,(H,33,37)/t19-/m1/s1. The summed E-state index contributed by atoms with van der Waals surface area (Å²) in [5.74, 6) is -1.07. The highest BCUT2D eigenvalue weighted by atomic mass is 35.5. The lowest BCUT2D eigenvalue weighted by Gasteiger charge is -2.32. The smallest absolute Gasteiger partial charge is 0.264 e. The Bertz CT molecular complexity index is 1440. The predicted molar refractivity (Wildman–Crippen MR) is 162 cm³/mol. The monoisotopic (exact) mass is 643 g/mol. The van der Waals surface area contributed by atoms with Gasteiger partial charge in [0.2, 0.25) is 11.8 Å². The van der Waals surface area contributed by atoms with Gasteiger partial charge in [-0.3, -0.25) is 13.9 Å². The molecule has 40 heavy (non-hydrogen) atoms. The van der Waals surface area contributed by atoms with Gasteiger partial charge in [-0.2, -0.15) is 0 Å². The van der Waals surface area contributed by atoms with Gasteiger partial charge in [-0.05, 0) is 62.7 Å². The van der Waals surface area contributed by atoms with Gasteiger partial charge in [-0.25, -0.2) is 8.42 Å². The number of aryl methyl sites for hydroxylation is 1. The number of rotatable bonds is 11. The van der Waals surface area contributed by atoms with Crippen molar-refractivity contribution in [2.24, 2.45) is 0 Å². The number of hydrogen-bond acceptors (Lipinski definition) is 4. The second kappa shape index (κ2) is 13.9. The van der Waals surface area contributed by atoms with Crippen molar-refractivity contribution in [3.05, 3.63) is 91.9 Å². The summed E-state index contributed by atoms with van der Waals surface area (Å²) in [6.07, 6.45) is 0.695. The number of carbonyl (C=O) groups excluding carboxylic acids is 2. The van der Waals surface area contributed by atoms with Crippen molar-refractivity contribution in [2.75, 3.05) is 17.4 Å². The first-order chi connectivity index (χ1) is 18.8. The largest absolute Gasteiger partial charge is 0.354 e. The third-order valence-corrected chi connectivity index (χ3v) is 9.06. The molecule has 3 aromatic carbocycles. The van der Waals surface area contributed by atoms with Crippen molar-refractivity contribution in [2.45, 2.75) is 44.7 Å². The van der Waals surface area contributed by atoms with Crippen LogP contribution >= 0.6 is 46.4 Å². The molecular weight excluding hydrogens is 616 g/mol. The summed E-state index contributed by atoms with van der Waals surface area (Å²) in [5, 5.41) is 3.76. The first kappa shape index (κ1) is 32.0. The van der Waals surface area contributed by atoms with Gasteiger partial charge in [0.25, 0.3) is 10.0 Å². The summed E-state index contributed by atoms with van der Waals surface area (Å²) in [7, 11) is -4.27. The van der Waals surface area contributed by atoms with Gasteiger partial charge in [0, 0.05) is 38.7 Å². The minimum absolute atomic E-state index is 0.0311. The first-order valence-corrected chi connectivity index (χ1v) is 15.4. The average molecular weight is 645 g/mol. The minimum atomic E-state index is -4.27. The topological polar surface area (TPSA) is 86.8 Å². The Balaban J connectivity index is 2.09. The van der Waals surface area contributed by atoms with Crippen LogP contribution in [0.2, 0.25) is 20.1 Å². The van der Waals surface area contributed by atoms with E-state index in [9.17, 15) is 18.0 Å². The minimum Gasteiger partial charge on any atom is -0.354 e. The second-order valence-electron chi connectivity index (χ2n) is 9.14. The molecule has 0 aromatic heterocycles. The molecule has 0 bridgehead atoms. The summed E-state index contributed by atoms with van der Waals surface area (Å²) in [6.45, 7) is 4.92. The lowest BCUT2D eigenvalue weighted by molar-refractivity contribution is -0.139. The Morgan fingerprint density at radius 2 is 1.50 bits per heavy atom. The highest BCUT2D eigenvalue weighted by Crippen LogP contribution is 2.31. The van der Waals surface area contributed by atoms with Crippen LogP contribution in [0, 0.1) is 6.92 Å². The number of nitrogens with zero attached hydrogens (tertiary/aromatic N) is 2. The zero-order chi connectivity index (χ0) is 29.6. The van der Waals surface area contributed by atoms with Crippen molar-refractivity contribution in [3.63, 3.8) is 0 Å². The van der Waals surface area contributed by atoms with Gasteiger partial charge < -0.3 is 10.2 Å². The van der Waals surface area contributed by atoms with Crippen molar-refractivity contribution in [3.8, 4) is 0 Å². The molecule has 3 aromatic rings. The van der Waals surface area contributed by atoms with E-state index in [1.807, 2.05) is 13.8 Å². The highest BCUT2D eigenvalue weighted by molar-refractivity contribution is 7.92. The molecule has 214 valence electrons. The van der Waals surface area contributed by atoms with Gasteiger partial charge in [0.1, 0.15) is 12.6 Å². The molecule has 0 radical (unpaired) electrons. The second-order valence-corrected chi connectivity index (χ2v) is 12.7. The van der Waals surface area contributed by atoms with Gasteiger partial charge in [-0.15, -0.1) is 0 Å². The van der Waals surface area contributed by atoms with E-state index >= 15 is 0 Å². The van der Waals surface area contributed by atoms with E-state index in [0.29, 0.717) is 28.6 Å². The lowest BCUT2D eigenvalue weighted by Crippen LogP contribution is -2.51. The van der Waals surface area contributed by atoms with Crippen molar-refractivity contribution < 1.29 is 18.0 Å². The number of benzene rings is 3. The molecule has 3 rings (SSSR count). The number of halogens is 4. The van der Waals surface area contributed by atoms with Crippen LogP contribution in [0.4, 0.5) is 5.69 Å². The molecule has 0 fully saturated rings. The molecule has 0 saturated heterocycles. The van der Waals surface area contributed by atoms with Gasteiger partial charge >= 0.3 is 0 Å². The Morgan fingerprint density at radius 3 is 2.05 bits per heavy atom. The molecule has 0 saturated carbocycles. The van der Waals surface area contributed by atoms with E-state index < -0.39 is 34.4 Å². The summed E-state index contributed by atoms with van der Waals surface area (Å²) >= 11 is 25.2. The molecule has 1 atom stereocenters. The van der Waals surface area contributed by atoms with Gasteiger partial charge in [0.05, 0.1) is 10.6 Å². The van der Waals surface area contributed by atoms with Crippen molar-refractivity contribution in [1.82, 2.24) is 10.2 Å². The molecule has 12 heteroatoms. The van der Waals surface area contributed by atoms with E-state index in [4.69, 9.17) is 46.4 Å². The van der Waals surface area contributed by atoms with Crippen LogP contribution in [0.15, 0.2) is 65.6 Å². The summed E-state index contributed by atoms with van der Waals surface area (Å²) in [6, 6.07) is 14.4.